The van der Waals surface area contributed by atoms with Crippen molar-refractivity contribution in [2.24, 2.45) is 5.92 Å². The number of hydrogen-bond donors (Lipinski definition) is 1. The Morgan fingerprint density at radius 1 is 1.33 bits per heavy atom. The van der Waals surface area contributed by atoms with E-state index in [-0.39, 0.29) is 0 Å². The van der Waals surface area contributed by atoms with E-state index in [0.29, 0.717) is 11.5 Å². The van der Waals surface area contributed by atoms with E-state index in [0.717, 1.165) is 9.49 Å². The Morgan fingerprint density at radius 3 is 2.50 bits per heavy atom. The quantitative estimate of drug-likeness (QED) is 0.797. The van der Waals surface area contributed by atoms with Gasteiger partial charge in [0.25, 0.3) is 0 Å². The highest BCUT2D eigenvalue weighted by molar-refractivity contribution is 14.1. The molecule has 1 aliphatic rings. The molecule has 0 spiro atoms. The van der Waals surface area contributed by atoms with Gasteiger partial charge in [-0.2, -0.15) is 0 Å². The summed E-state index contributed by atoms with van der Waals surface area (Å²) < 4.78 is 1.10. The second-order valence-corrected chi connectivity index (χ2v) is 6.33. The van der Waals surface area contributed by atoms with Crippen molar-refractivity contribution in [3.05, 3.63) is 32.9 Å². The molecular weight excluding hydrogens is 339 g/mol. The van der Waals surface area contributed by atoms with Gasteiger partial charge in [-0.15, -0.1) is 0 Å². The number of carboxylic acid groups (broad SMARTS) is 1. The zero-order valence-electron chi connectivity index (χ0n) is 10.7. The van der Waals surface area contributed by atoms with Crippen molar-refractivity contribution in [3.63, 3.8) is 0 Å². The molecule has 0 aliphatic heterocycles. The average molecular weight is 358 g/mol. The highest BCUT2D eigenvalue weighted by Gasteiger charge is 2.23. The first-order valence-electron chi connectivity index (χ1n) is 6.64. The van der Waals surface area contributed by atoms with E-state index in [1.165, 1.54) is 37.7 Å². The SMILES string of the molecule is CCC1CCC(c2ccc(C(=O)O)cc2I)CC1. The molecule has 1 aliphatic carbocycles. The van der Waals surface area contributed by atoms with Gasteiger partial charge >= 0.3 is 5.97 Å². The topological polar surface area (TPSA) is 37.3 Å². The van der Waals surface area contributed by atoms with E-state index >= 15 is 0 Å². The number of aromatic carboxylic acids is 1. The van der Waals surface area contributed by atoms with Gasteiger partial charge in [0.1, 0.15) is 0 Å². The predicted molar refractivity (Wildman–Crippen MR) is 81.1 cm³/mol. The molecule has 0 saturated heterocycles. The fourth-order valence-electron chi connectivity index (χ4n) is 2.87. The summed E-state index contributed by atoms with van der Waals surface area (Å²) in [5.74, 6) is 0.689. The largest absolute Gasteiger partial charge is 0.478 e. The van der Waals surface area contributed by atoms with E-state index in [1.54, 1.807) is 12.1 Å². The number of benzene rings is 1. The summed E-state index contributed by atoms with van der Waals surface area (Å²) in [7, 11) is 0. The first-order chi connectivity index (χ1) is 8.61. The third kappa shape index (κ3) is 3.05. The van der Waals surface area contributed by atoms with E-state index in [2.05, 4.69) is 29.5 Å². The van der Waals surface area contributed by atoms with Crippen molar-refractivity contribution >= 4 is 28.6 Å². The van der Waals surface area contributed by atoms with Crippen LogP contribution in [0, 0.1) is 9.49 Å². The Labute approximate surface area is 122 Å². The summed E-state index contributed by atoms with van der Waals surface area (Å²) in [6.07, 6.45) is 6.43. The van der Waals surface area contributed by atoms with Crippen molar-refractivity contribution < 1.29 is 9.90 Å². The Kier molecular flexibility index (Phi) is 4.65. The van der Waals surface area contributed by atoms with Crippen LogP contribution in [0.5, 0.6) is 0 Å². The van der Waals surface area contributed by atoms with Gasteiger partial charge in [-0.3, -0.25) is 0 Å². The average Bonchev–Trinajstić information content (AvgIpc) is 2.38. The third-order valence-electron chi connectivity index (χ3n) is 4.11. The molecule has 0 amide bonds. The smallest absolute Gasteiger partial charge is 0.335 e. The standard InChI is InChI=1S/C15H19IO2/c1-2-10-3-5-11(6-4-10)13-8-7-12(15(17)18)9-14(13)16/h7-11H,2-6H2,1H3,(H,17,18). The molecule has 0 unspecified atom stereocenters. The molecule has 0 radical (unpaired) electrons. The van der Waals surface area contributed by atoms with Crippen molar-refractivity contribution in [2.45, 2.75) is 44.9 Å². The molecule has 1 aromatic rings. The lowest BCUT2D eigenvalue weighted by molar-refractivity contribution is 0.0697. The number of hydrogen-bond acceptors (Lipinski definition) is 1. The maximum Gasteiger partial charge on any atom is 0.335 e. The molecule has 1 N–H and O–H groups in total. The van der Waals surface area contributed by atoms with E-state index in [9.17, 15) is 4.79 Å². The van der Waals surface area contributed by atoms with Crippen molar-refractivity contribution in [1.82, 2.24) is 0 Å². The van der Waals surface area contributed by atoms with E-state index in [1.807, 2.05) is 6.07 Å². The molecule has 0 heterocycles. The molecule has 0 aromatic heterocycles. The van der Waals surface area contributed by atoms with Crippen LogP contribution in [0.4, 0.5) is 0 Å². The van der Waals surface area contributed by atoms with Gasteiger partial charge in [0.15, 0.2) is 0 Å². The van der Waals surface area contributed by atoms with Crippen LogP contribution in [0.15, 0.2) is 18.2 Å². The lowest BCUT2D eigenvalue weighted by Gasteiger charge is -2.28. The minimum atomic E-state index is -0.839. The first-order valence-corrected chi connectivity index (χ1v) is 7.72. The van der Waals surface area contributed by atoms with Crippen molar-refractivity contribution in [2.75, 3.05) is 0 Å². The number of carboxylic acids is 1. The van der Waals surface area contributed by atoms with Crippen LogP contribution < -0.4 is 0 Å². The van der Waals surface area contributed by atoms with Crippen LogP contribution in [0.25, 0.3) is 0 Å². The van der Waals surface area contributed by atoms with Crippen LogP contribution in [-0.2, 0) is 0 Å². The monoisotopic (exact) mass is 358 g/mol. The molecule has 0 bridgehead atoms. The maximum atomic E-state index is 10.9. The highest BCUT2D eigenvalue weighted by atomic mass is 127. The Hall–Kier alpha value is -0.580. The number of rotatable bonds is 3. The Balaban J connectivity index is 2.12. The molecular formula is C15H19IO2. The normalized spacial score (nSPS) is 23.9. The summed E-state index contributed by atoms with van der Waals surface area (Å²) in [5, 5.41) is 8.97. The molecule has 2 nitrogen and oxygen atoms in total. The van der Waals surface area contributed by atoms with Crippen molar-refractivity contribution in [1.29, 1.82) is 0 Å². The second-order valence-electron chi connectivity index (χ2n) is 5.17. The fraction of sp³-hybridized carbons (Fsp3) is 0.533. The van der Waals surface area contributed by atoms with E-state index in [4.69, 9.17) is 5.11 Å². The Morgan fingerprint density at radius 2 is 2.00 bits per heavy atom. The molecule has 1 aromatic carbocycles. The first kappa shape index (κ1) is 13.8. The lowest BCUT2D eigenvalue weighted by atomic mass is 9.78. The number of halogens is 1. The van der Waals surface area contributed by atoms with Gasteiger partial charge < -0.3 is 5.11 Å². The summed E-state index contributed by atoms with van der Waals surface area (Å²) in [6, 6.07) is 5.55. The zero-order valence-corrected chi connectivity index (χ0v) is 12.8. The van der Waals surface area contributed by atoms with Crippen LogP contribution in [0.1, 0.15) is 60.9 Å². The summed E-state index contributed by atoms with van der Waals surface area (Å²) in [6.45, 7) is 2.27. The minimum Gasteiger partial charge on any atom is -0.478 e. The lowest BCUT2D eigenvalue weighted by Crippen LogP contribution is -2.13. The van der Waals surface area contributed by atoms with Gasteiger partial charge in [0, 0.05) is 3.57 Å². The third-order valence-corrected chi connectivity index (χ3v) is 5.05. The van der Waals surface area contributed by atoms with Gasteiger partial charge in [0.05, 0.1) is 5.56 Å². The molecule has 3 heteroatoms. The van der Waals surface area contributed by atoms with Gasteiger partial charge in [-0.1, -0.05) is 19.4 Å². The van der Waals surface area contributed by atoms with Gasteiger partial charge in [0.2, 0.25) is 0 Å². The second kappa shape index (κ2) is 6.04. The summed E-state index contributed by atoms with van der Waals surface area (Å²) in [4.78, 5) is 10.9. The highest BCUT2D eigenvalue weighted by Crippen LogP contribution is 2.38. The molecule has 98 valence electrons. The van der Waals surface area contributed by atoms with Gasteiger partial charge in [-0.25, -0.2) is 4.79 Å². The molecule has 1 fully saturated rings. The maximum absolute atomic E-state index is 10.9. The Bertz CT molecular complexity index is 434. The van der Waals surface area contributed by atoms with Crippen LogP contribution in [0.3, 0.4) is 0 Å². The van der Waals surface area contributed by atoms with Gasteiger partial charge in [-0.05, 0) is 77.8 Å². The zero-order chi connectivity index (χ0) is 13.1. The van der Waals surface area contributed by atoms with Crippen LogP contribution in [-0.4, -0.2) is 11.1 Å². The van der Waals surface area contributed by atoms with Crippen LogP contribution >= 0.6 is 22.6 Å². The molecule has 1 saturated carbocycles. The summed E-state index contributed by atoms with van der Waals surface area (Å²) >= 11 is 2.27. The molecule has 0 atom stereocenters. The molecule has 18 heavy (non-hydrogen) atoms. The van der Waals surface area contributed by atoms with Crippen molar-refractivity contribution in [3.8, 4) is 0 Å². The predicted octanol–water partition coefficient (Wildman–Crippen LogP) is 4.67. The van der Waals surface area contributed by atoms with Crippen LogP contribution in [0.2, 0.25) is 0 Å². The summed E-state index contributed by atoms with van der Waals surface area (Å²) in [5.41, 5.74) is 1.74. The van der Waals surface area contributed by atoms with E-state index < -0.39 is 5.97 Å². The minimum absolute atomic E-state index is 0.394. The number of carbonyl (C=O) groups is 1. The molecule has 2 rings (SSSR count). The fourth-order valence-corrected chi connectivity index (χ4v) is 3.83.